The fourth-order valence-corrected chi connectivity index (χ4v) is 5.72. The highest BCUT2D eigenvalue weighted by atomic mass is 16.5. The van der Waals surface area contributed by atoms with Crippen LogP contribution < -0.4 is 5.32 Å². The summed E-state index contributed by atoms with van der Waals surface area (Å²) < 4.78 is 18.3. The van der Waals surface area contributed by atoms with Crippen molar-refractivity contribution < 1.29 is 28.6 Å². The van der Waals surface area contributed by atoms with Crippen LogP contribution in [0.1, 0.15) is 69.2 Å². The monoisotopic (exact) mass is 538 g/mol. The molecular formula is C29H38N4O6. The lowest BCUT2D eigenvalue weighted by atomic mass is 9.75. The number of rotatable bonds is 7. The van der Waals surface area contributed by atoms with E-state index in [9.17, 15) is 14.4 Å². The highest BCUT2D eigenvalue weighted by molar-refractivity contribution is 5.96. The molecule has 210 valence electrons. The van der Waals surface area contributed by atoms with Crippen molar-refractivity contribution in [1.29, 1.82) is 0 Å². The van der Waals surface area contributed by atoms with E-state index in [-0.39, 0.29) is 29.8 Å². The van der Waals surface area contributed by atoms with Gasteiger partial charge in [0.25, 0.3) is 11.8 Å². The van der Waals surface area contributed by atoms with E-state index in [1.807, 2.05) is 13.8 Å². The van der Waals surface area contributed by atoms with Crippen LogP contribution in [0, 0.1) is 11.3 Å². The Kier molecular flexibility index (Phi) is 8.32. The van der Waals surface area contributed by atoms with Crippen molar-refractivity contribution in [1.82, 2.24) is 20.0 Å². The molecule has 1 atom stereocenters. The lowest BCUT2D eigenvalue weighted by Gasteiger charge is -2.36. The van der Waals surface area contributed by atoms with E-state index in [0.717, 1.165) is 30.5 Å². The molecule has 0 saturated carbocycles. The number of benzene rings is 1. The number of aromatic nitrogens is 2. The molecule has 0 radical (unpaired) electrons. The van der Waals surface area contributed by atoms with Crippen molar-refractivity contribution in [3.63, 3.8) is 0 Å². The first-order valence-electron chi connectivity index (χ1n) is 14.0. The van der Waals surface area contributed by atoms with Crippen LogP contribution in [0.2, 0.25) is 0 Å². The number of nitrogens with zero attached hydrogens (tertiary/aromatic N) is 3. The van der Waals surface area contributed by atoms with Crippen LogP contribution in [0.5, 0.6) is 0 Å². The van der Waals surface area contributed by atoms with Gasteiger partial charge in [0.1, 0.15) is 5.69 Å². The van der Waals surface area contributed by atoms with E-state index < -0.39 is 5.97 Å². The smallest absolute Gasteiger partial charge is 0.338 e. The van der Waals surface area contributed by atoms with Crippen LogP contribution in [0.25, 0.3) is 0 Å². The molecule has 2 amide bonds. The van der Waals surface area contributed by atoms with E-state index in [2.05, 4.69) is 5.32 Å². The van der Waals surface area contributed by atoms with Gasteiger partial charge in [0.2, 0.25) is 0 Å². The average Bonchev–Trinajstić information content (AvgIpc) is 3.24. The molecule has 2 saturated heterocycles. The molecule has 10 nitrogen and oxygen atoms in total. The van der Waals surface area contributed by atoms with Crippen molar-refractivity contribution in [3.8, 4) is 0 Å². The summed E-state index contributed by atoms with van der Waals surface area (Å²) in [7, 11) is 0. The molecule has 10 heteroatoms. The van der Waals surface area contributed by atoms with Gasteiger partial charge in [0, 0.05) is 50.5 Å². The molecule has 5 rings (SSSR count). The topological polar surface area (TPSA) is 112 Å². The number of fused-ring (bicyclic) bond motifs is 1. The minimum absolute atomic E-state index is 0.0115. The zero-order valence-corrected chi connectivity index (χ0v) is 22.9. The van der Waals surface area contributed by atoms with Crippen molar-refractivity contribution in [3.05, 3.63) is 52.3 Å². The molecule has 1 spiro atoms. The number of hydrogen-bond acceptors (Lipinski definition) is 7. The fourth-order valence-electron chi connectivity index (χ4n) is 5.72. The lowest BCUT2D eigenvalue weighted by Crippen LogP contribution is -2.40. The number of hydrogen-bond donors (Lipinski definition) is 1. The standard InChI is InChI=1S/C29H38N4O6/c1-3-33-25-23(17-29(19-30-26(25)34)8-12-37-13-9-29)24(31-33)16-20(2)18-39-28(36)22-6-4-21(5-7-22)27(35)32-10-14-38-15-11-32/h4-7,20H,3,8-19H2,1-2H3,(H,30,34)/t20-/m1/s1. The van der Waals surface area contributed by atoms with Gasteiger partial charge in [-0.15, -0.1) is 0 Å². The Balaban J connectivity index is 1.22. The Bertz CT molecular complexity index is 1200. The number of carbonyl (C=O) groups excluding carboxylic acids is 3. The van der Waals surface area contributed by atoms with Crippen LogP contribution >= 0.6 is 0 Å². The van der Waals surface area contributed by atoms with Gasteiger partial charge in [-0.1, -0.05) is 6.92 Å². The van der Waals surface area contributed by atoms with Crippen molar-refractivity contribution in [2.45, 2.75) is 46.1 Å². The molecule has 2 aromatic rings. The highest BCUT2D eigenvalue weighted by Crippen LogP contribution is 2.38. The molecule has 0 unspecified atom stereocenters. The van der Waals surface area contributed by atoms with Gasteiger partial charge >= 0.3 is 5.97 Å². The van der Waals surface area contributed by atoms with Gasteiger partial charge in [0.15, 0.2) is 0 Å². The predicted octanol–water partition coefficient (Wildman–Crippen LogP) is 2.49. The third-order valence-electron chi connectivity index (χ3n) is 8.08. The molecule has 2 fully saturated rings. The van der Waals surface area contributed by atoms with Gasteiger partial charge in [-0.2, -0.15) is 5.10 Å². The SMILES string of the molecule is CCn1nc(C[C@@H](C)COC(=O)c2ccc(C(=O)N3CCOCC3)cc2)c2c1C(=O)NCC1(CCOCC1)C2. The van der Waals surface area contributed by atoms with Crippen LogP contribution in [-0.2, 0) is 33.6 Å². The summed E-state index contributed by atoms with van der Waals surface area (Å²) in [5, 5.41) is 7.95. The van der Waals surface area contributed by atoms with Crippen LogP contribution in [0.3, 0.4) is 0 Å². The number of aryl methyl sites for hydroxylation is 1. The van der Waals surface area contributed by atoms with Gasteiger partial charge < -0.3 is 24.4 Å². The van der Waals surface area contributed by atoms with Crippen LogP contribution in [-0.4, -0.2) is 85.1 Å². The van der Waals surface area contributed by atoms with Gasteiger partial charge in [-0.05, 0) is 68.2 Å². The third-order valence-corrected chi connectivity index (χ3v) is 8.08. The molecule has 1 aromatic heterocycles. The number of ether oxygens (including phenoxy) is 3. The number of esters is 1. The summed E-state index contributed by atoms with van der Waals surface area (Å²) in [6.45, 7) is 9.13. The molecule has 3 aliphatic heterocycles. The van der Waals surface area contributed by atoms with Crippen molar-refractivity contribution in [2.24, 2.45) is 11.3 Å². The first-order chi connectivity index (χ1) is 18.9. The molecule has 4 heterocycles. The molecule has 3 aliphatic rings. The number of carbonyl (C=O) groups is 3. The maximum Gasteiger partial charge on any atom is 0.338 e. The molecule has 39 heavy (non-hydrogen) atoms. The summed E-state index contributed by atoms with van der Waals surface area (Å²) in [5.41, 5.74) is 3.52. The minimum atomic E-state index is -0.425. The highest BCUT2D eigenvalue weighted by Gasteiger charge is 2.39. The first-order valence-corrected chi connectivity index (χ1v) is 14.0. The number of nitrogens with one attached hydrogen (secondary N) is 1. The summed E-state index contributed by atoms with van der Waals surface area (Å²) in [4.78, 5) is 40.2. The van der Waals surface area contributed by atoms with E-state index >= 15 is 0 Å². The molecular weight excluding hydrogens is 500 g/mol. The quantitative estimate of drug-likeness (QED) is 0.539. The number of amides is 2. The fraction of sp³-hybridized carbons (Fsp3) is 0.586. The minimum Gasteiger partial charge on any atom is -0.462 e. The zero-order valence-electron chi connectivity index (χ0n) is 22.9. The second-order valence-corrected chi connectivity index (χ2v) is 11.0. The normalized spacial score (nSPS) is 19.6. The van der Waals surface area contributed by atoms with Crippen LogP contribution in [0.4, 0.5) is 0 Å². The van der Waals surface area contributed by atoms with E-state index in [1.54, 1.807) is 33.8 Å². The Hall–Kier alpha value is -3.24. The van der Waals surface area contributed by atoms with Gasteiger partial charge in [-0.25, -0.2) is 4.79 Å². The zero-order chi connectivity index (χ0) is 27.4. The van der Waals surface area contributed by atoms with E-state index in [1.165, 1.54) is 0 Å². The Morgan fingerprint density at radius 3 is 2.44 bits per heavy atom. The molecule has 1 N–H and O–H groups in total. The van der Waals surface area contributed by atoms with Crippen LogP contribution in [0.15, 0.2) is 24.3 Å². The average molecular weight is 539 g/mol. The number of morpholine rings is 1. The Labute approximate surface area is 229 Å². The van der Waals surface area contributed by atoms with E-state index in [0.29, 0.717) is 75.8 Å². The second-order valence-electron chi connectivity index (χ2n) is 11.0. The van der Waals surface area contributed by atoms with Gasteiger partial charge in [0.05, 0.1) is 31.1 Å². The Morgan fingerprint density at radius 1 is 1.08 bits per heavy atom. The summed E-state index contributed by atoms with van der Waals surface area (Å²) in [5.74, 6) is -0.541. The van der Waals surface area contributed by atoms with Gasteiger partial charge in [-0.3, -0.25) is 14.3 Å². The second kappa shape index (κ2) is 11.9. The molecule has 1 aromatic carbocycles. The first kappa shape index (κ1) is 27.3. The van der Waals surface area contributed by atoms with E-state index in [4.69, 9.17) is 19.3 Å². The van der Waals surface area contributed by atoms with Crippen molar-refractivity contribution >= 4 is 17.8 Å². The Morgan fingerprint density at radius 2 is 1.74 bits per heavy atom. The largest absolute Gasteiger partial charge is 0.462 e. The molecule has 0 bridgehead atoms. The summed E-state index contributed by atoms with van der Waals surface area (Å²) in [6, 6.07) is 6.61. The predicted molar refractivity (Wildman–Crippen MR) is 143 cm³/mol. The van der Waals surface area contributed by atoms with Crippen molar-refractivity contribution in [2.75, 3.05) is 52.7 Å². The molecule has 0 aliphatic carbocycles. The maximum absolute atomic E-state index is 13.0. The summed E-state index contributed by atoms with van der Waals surface area (Å²) >= 11 is 0. The summed E-state index contributed by atoms with van der Waals surface area (Å²) in [6.07, 6.45) is 3.22. The third kappa shape index (κ3) is 6.01. The maximum atomic E-state index is 13.0. The lowest BCUT2D eigenvalue weighted by molar-refractivity contribution is 0.0160.